The quantitative estimate of drug-likeness (QED) is 0.813. The maximum Gasteiger partial charge on any atom is 0.119 e. The molecule has 0 amide bonds. The van der Waals surface area contributed by atoms with Crippen LogP contribution in [-0.4, -0.2) is 24.4 Å². The summed E-state index contributed by atoms with van der Waals surface area (Å²) >= 11 is 0. The number of aliphatic hydroxyl groups is 1. The molecular formula is C15H23NO2. The summed E-state index contributed by atoms with van der Waals surface area (Å²) in [6, 6.07) is 8.21. The fourth-order valence-electron chi connectivity index (χ4n) is 2.57. The molecule has 0 aromatic heterocycles. The average molecular weight is 249 g/mol. The van der Waals surface area contributed by atoms with Gasteiger partial charge < -0.3 is 15.2 Å². The third kappa shape index (κ3) is 4.00. The molecule has 0 heterocycles. The Hall–Kier alpha value is -1.06. The highest BCUT2D eigenvalue weighted by molar-refractivity contribution is 5.28. The summed E-state index contributed by atoms with van der Waals surface area (Å²) in [5.74, 6) is 1.57. The van der Waals surface area contributed by atoms with E-state index in [0.29, 0.717) is 12.5 Å². The highest BCUT2D eigenvalue weighted by Crippen LogP contribution is 2.24. The molecule has 1 aromatic carbocycles. The second-order valence-electron chi connectivity index (χ2n) is 5.04. The van der Waals surface area contributed by atoms with Gasteiger partial charge in [-0.3, -0.25) is 0 Å². The molecule has 3 nitrogen and oxygen atoms in total. The van der Waals surface area contributed by atoms with E-state index in [1.54, 1.807) is 0 Å². The van der Waals surface area contributed by atoms with Crippen LogP contribution in [0.3, 0.4) is 0 Å². The van der Waals surface area contributed by atoms with Gasteiger partial charge in [-0.1, -0.05) is 12.1 Å². The second kappa shape index (κ2) is 6.76. The summed E-state index contributed by atoms with van der Waals surface area (Å²) in [5, 5.41) is 12.9. The smallest absolute Gasteiger partial charge is 0.119 e. The lowest BCUT2D eigenvalue weighted by atomic mass is 10.1. The van der Waals surface area contributed by atoms with Gasteiger partial charge in [0.1, 0.15) is 5.75 Å². The van der Waals surface area contributed by atoms with Crippen molar-refractivity contribution in [2.75, 3.05) is 13.2 Å². The number of aliphatic hydroxyl groups excluding tert-OH is 1. The molecule has 1 aliphatic rings. The number of benzene rings is 1. The lowest BCUT2D eigenvalue weighted by Gasteiger charge is -2.11. The summed E-state index contributed by atoms with van der Waals surface area (Å²) in [4.78, 5) is 0. The lowest BCUT2D eigenvalue weighted by molar-refractivity contribution is 0.177. The Morgan fingerprint density at radius 2 is 2.28 bits per heavy atom. The molecule has 0 aliphatic heterocycles. The van der Waals surface area contributed by atoms with Crippen molar-refractivity contribution >= 4 is 0 Å². The van der Waals surface area contributed by atoms with E-state index in [4.69, 9.17) is 4.74 Å². The predicted octanol–water partition coefficient (Wildman–Crippen LogP) is 2.34. The summed E-state index contributed by atoms with van der Waals surface area (Å²) < 4.78 is 5.48. The van der Waals surface area contributed by atoms with E-state index in [9.17, 15) is 5.11 Å². The van der Waals surface area contributed by atoms with Gasteiger partial charge in [0, 0.05) is 6.54 Å². The molecule has 2 N–H and O–H groups in total. The highest BCUT2D eigenvalue weighted by Gasteiger charge is 2.21. The number of rotatable bonds is 6. The molecule has 3 heteroatoms. The molecule has 2 rings (SSSR count). The Labute approximate surface area is 109 Å². The van der Waals surface area contributed by atoms with Crippen molar-refractivity contribution in [1.29, 1.82) is 0 Å². The lowest BCUT2D eigenvalue weighted by Crippen LogP contribution is -2.21. The Morgan fingerprint density at radius 1 is 1.39 bits per heavy atom. The van der Waals surface area contributed by atoms with Crippen LogP contribution >= 0.6 is 0 Å². The van der Waals surface area contributed by atoms with Crippen LogP contribution in [0.25, 0.3) is 0 Å². The fourth-order valence-corrected chi connectivity index (χ4v) is 2.57. The van der Waals surface area contributed by atoms with Crippen molar-refractivity contribution < 1.29 is 9.84 Å². The minimum absolute atomic E-state index is 0.0712. The molecule has 1 aromatic rings. The zero-order valence-corrected chi connectivity index (χ0v) is 11.1. The van der Waals surface area contributed by atoms with Crippen molar-refractivity contribution in [1.82, 2.24) is 5.32 Å². The Kier molecular flexibility index (Phi) is 5.02. The fraction of sp³-hybridized carbons (Fsp3) is 0.600. The van der Waals surface area contributed by atoms with Crippen LogP contribution in [0.1, 0.15) is 31.7 Å². The van der Waals surface area contributed by atoms with E-state index >= 15 is 0 Å². The minimum Gasteiger partial charge on any atom is -0.494 e. The van der Waals surface area contributed by atoms with E-state index in [0.717, 1.165) is 38.1 Å². The van der Waals surface area contributed by atoms with Gasteiger partial charge >= 0.3 is 0 Å². The van der Waals surface area contributed by atoms with E-state index < -0.39 is 0 Å². The first-order valence-corrected chi connectivity index (χ1v) is 6.88. The minimum atomic E-state index is -0.0712. The zero-order valence-electron chi connectivity index (χ0n) is 11.1. The van der Waals surface area contributed by atoms with Crippen LogP contribution in [0.4, 0.5) is 0 Å². The Balaban J connectivity index is 1.74. The van der Waals surface area contributed by atoms with Gasteiger partial charge in [0.2, 0.25) is 0 Å². The number of ether oxygens (including phenoxy) is 1. The van der Waals surface area contributed by atoms with Crippen LogP contribution in [0.15, 0.2) is 24.3 Å². The number of hydrogen-bond donors (Lipinski definition) is 2. The van der Waals surface area contributed by atoms with Crippen LogP contribution in [0, 0.1) is 5.92 Å². The normalized spacial score (nSPS) is 23.2. The molecule has 2 unspecified atom stereocenters. The van der Waals surface area contributed by atoms with Gasteiger partial charge in [0.25, 0.3) is 0 Å². The van der Waals surface area contributed by atoms with Gasteiger partial charge in [0.05, 0.1) is 12.7 Å². The van der Waals surface area contributed by atoms with Gasteiger partial charge in [-0.2, -0.15) is 0 Å². The molecular weight excluding hydrogens is 226 g/mol. The molecule has 0 spiro atoms. The van der Waals surface area contributed by atoms with Crippen molar-refractivity contribution in [3.63, 3.8) is 0 Å². The van der Waals surface area contributed by atoms with E-state index in [-0.39, 0.29) is 6.10 Å². The van der Waals surface area contributed by atoms with Gasteiger partial charge in [0.15, 0.2) is 0 Å². The largest absolute Gasteiger partial charge is 0.494 e. The van der Waals surface area contributed by atoms with Crippen molar-refractivity contribution in [3.8, 4) is 5.75 Å². The summed E-state index contributed by atoms with van der Waals surface area (Å²) in [5.41, 5.74) is 1.25. The molecule has 0 saturated heterocycles. The SMILES string of the molecule is CCOc1cccc(CNCC2CCC(O)C2)c1. The van der Waals surface area contributed by atoms with Crippen molar-refractivity contribution in [2.24, 2.45) is 5.92 Å². The summed E-state index contributed by atoms with van der Waals surface area (Å²) in [6.07, 6.45) is 2.99. The van der Waals surface area contributed by atoms with Gasteiger partial charge in [-0.25, -0.2) is 0 Å². The average Bonchev–Trinajstić information content (AvgIpc) is 2.76. The first-order valence-electron chi connectivity index (χ1n) is 6.88. The molecule has 1 aliphatic carbocycles. The molecule has 2 atom stereocenters. The van der Waals surface area contributed by atoms with Crippen LogP contribution < -0.4 is 10.1 Å². The van der Waals surface area contributed by atoms with E-state index in [1.807, 2.05) is 19.1 Å². The van der Waals surface area contributed by atoms with E-state index in [1.165, 1.54) is 5.56 Å². The number of nitrogens with one attached hydrogen (secondary N) is 1. The molecule has 1 saturated carbocycles. The maximum atomic E-state index is 9.47. The maximum absolute atomic E-state index is 9.47. The zero-order chi connectivity index (χ0) is 12.8. The van der Waals surface area contributed by atoms with E-state index in [2.05, 4.69) is 17.4 Å². The third-order valence-corrected chi connectivity index (χ3v) is 3.49. The van der Waals surface area contributed by atoms with Gasteiger partial charge in [-0.05, 0) is 56.3 Å². The van der Waals surface area contributed by atoms with Crippen LogP contribution in [0.2, 0.25) is 0 Å². The van der Waals surface area contributed by atoms with Crippen LogP contribution in [-0.2, 0) is 6.54 Å². The molecule has 0 radical (unpaired) electrons. The van der Waals surface area contributed by atoms with Crippen molar-refractivity contribution in [3.05, 3.63) is 29.8 Å². The van der Waals surface area contributed by atoms with Crippen molar-refractivity contribution in [2.45, 2.75) is 38.8 Å². The second-order valence-corrected chi connectivity index (χ2v) is 5.04. The monoisotopic (exact) mass is 249 g/mol. The summed E-state index contributed by atoms with van der Waals surface area (Å²) in [7, 11) is 0. The molecule has 18 heavy (non-hydrogen) atoms. The first kappa shape index (κ1) is 13.4. The Bertz CT molecular complexity index is 367. The molecule has 1 fully saturated rings. The predicted molar refractivity (Wildman–Crippen MR) is 72.7 cm³/mol. The molecule has 100 valence electrons. The third-order valence-electron chi connectivity index (χ3n) is 3.49. The highest BCUT2D eigenvalue weighted by atomic mass is 16.5. The van der Waals surface area contributed by atoms with Crippen LogP contribution in [0.5, 0.6) is 5.75 Å². The first-order chi connectivity index (χ1) is 8.78. The molecule has 0 bridgehead atoms. The standard InChI is InChI=1S/C15H23NO2/c1-2-18-15-5-3-4-12(9-15)10-16-11-13-6-7-14(17)8-13/h3-5,9,13-14,16-17H,2,6-8,10-11H2,1H3. The van der Waals surface area contributed by atoms with Gasteiger partial charge in [-0.15, -0.1) is 0 Å². The topological polar surface area (TPSA) is 41.5 Å². The Morgan fingerprint density at radius 3 is 3.00 bits per heavy atom. The number of hydrogen-bond acceptors (Lipinski definition) is 3. The summed E-state index contributed by atoms with van der Waals surface area (Å²) in [6.45, 7) is 4.57.